The van der Waals surface area contributed by atoms with Crippen LogP contribution in [0.25, 0.3) is 11.3 Å². The minimum Gasteiger partial charge on any atom is -0.497 e. The van der Waals surface area contributed by atoms with Crippen molar-refractivity contribution in [3.05, 3.63) is 56.9 Å². The Morgan fingerprint density at radius 3 is 2.80 bits per heavy atom. The quantitative estimate of drug-likeness (QED) is 0.533. The second-order valence-corrected chi connectivity index (χ2v) is 7.19. The minimum absolute atomic E-state index is 0.468. The molecule has 2 aromatic carbocycles. The highest BCUT2D eigenvalue weighted by Crippen LogP contribution is 2.43. The van der Waals surface area contributed by atoms with Gasteiger partial charge in [0, 0.05) is 23.4 Å². The second-order valence-electron chi connectivity index (χ2n) is 5.31. The van der Waals surface area contributed by atoms with Gasteiger partial charge >= 0.3 is 0 Å². The highest BCUT2D eigenvalue weighted by Gasteiger charge is 2.22. The van der Waals surface area contributed by atoms with Crippen LogP contribution in [0.4, 0.5) is 5.13 Å². The van der Waals surface area contributed by atoms with Crippen LogP contribution >= 0.6 is 34.5 Å². The Bertz CT molecular complexity index is 965. The highest BCUT2D eigenvalue weighted by atomic mass is 35.5. The Morgan fingerprint density at radius 2 is 2.04 bits per heavy atom. The molecule has 0 amide bonds. The number of benzene rings is 2. The molecule has 0 saturated heterocycles. The van der Waals surface area contributed by atoms with E-state index in [4.69, 9.17) is 32.7 Å². The van der Waals surface area contributed by atoms with E-state index in [1.54, 1.807) is 31.5 Å². The Morgan fingerprint density at radius 1 is 1.24 bits per heavy atom. The van der Waals surface area contributed by atoms with Gasteiger partial charge in [-0.1, -0.05) is 40.6 Å². The molecule has 0 atom stereocenters. The molecule has 4 rings (SSSR count). The van der Waals surface area contributed by atoms with E-state index < -0.39 is 0 Å². The molecule has 0 aliphatic carbocycles. The number of hydrogen-bond donors (Lipinski definition) is 0. The van der Waals surface area contributed by atoms with E-state index >= 15 is 0 Å². The van der Waals surface area contributed by atoms with Crippen molar-refractivity contribution in [3.8, 4) is 22.8 Å². The van der Waals surface area contributed by atoms with E-state index in [9.17, 15) is 0 Å². The SMILES string of the molecule is COc1ccc2c(c1)OCc1sc(N=Cc3c(Cl)cccc3Cl)nc1-2. The van der Waals surface area contributed by atoms with Crippen LogP contribution in [0.2, 0.25) is 10.0 Å². The molecule has 25 heavy (non-hydrogen) atoms. The van der Waals surface area contributed by atoms with Crippen molar-refractivity contribution in [3.63, 3.8) is 0 Å². The van der Waals surface area contributed by atoms with Crippen LogP contribution in [0.5, 0.6) is 11.5 Å². The van der Waals surface area contributed by atoms with E-state index in [2.05, 4.69) is 9.98 Å². The van der Waals surface area contributed by atoms with E-state index in [0.29, 0.717) is 27.3 Å². The zero-order valence-corrected chi connectivity index (χ0v) is 15.5. The van der Waals surface area contributed by atoms with Crippen molar-refractivity contribution in [2.45, 2.75) is 6.61 Å². The molecule has 1 aliphatic heterocycles. The molecule has 0 N–H and O–H groups in total. The summed E-state index contributed by atoms with van der Waals surface area (Å²) in [4.78, 5) is 10.1. The number of nitrogens with zero attached hydrogens (tertiary/aromatic N) is 2. The molecule has 4 nitrogen and oxygen atoms in total. The van der Waals surface area contributed by atoms with Crippen LogP contribution < -0.4 is 9.47 Å². The first kappa shape index (κ1) is 16.4. The van der Waals surface area contributed by atoms with Gasteiger partial charge in [0.05, 0.1) is 27.7 Å². The maximum atomic E-state index is 6.17. The number of halogens is 2. The van der Waals surface area contributed by atoms with E-state index in [1.807, 2.05) is 18.2 Å². The van der Waals surface area contributed by atoms with Gasteiger partial charge in [-0.3, -0.25) is 0 Å². The lowest BCUT2D eigenvalue weighted by atomic mass is 10.1. The molecule has 0 spiro atoms. The summed E-state index contributed by atoms with van der Waals surface area (Å²) in [6.45, 7) is 0.468. The largest absolute Gasteiger partial charge is 0.497 e. The summed E-state index contributed by atoms with van der Waals surface area (Å²) in [5.41, 5.74) is 2.52. The first-order chi connectivity index (χ1) is 12.2. The third kappa shape index (κ3) is 3.11. The summed E-state index contributed by atoms with van der Waals surface area (Å²) in [5, 5.41) is 1.74. The Labute approximate surface area is 158 Å². The van der Waals surface area contributed by atoms with Gasteiger partial charge in [0.2, 0.25) is 5.13 Å². The molecule has 2 heterocycles. The molecular formula is C18H12Cl2N2O2S. The monoisotopic (exact) mass is 390 g/mol. The summed E-state index contributed by atoms with van der Waals surface area (Å²) >= 11 is 13.8. The van der Waals surface area contributed by atoms with Crippen LogP contribution in [0.1, 0.15) is 10.4 Å². The normalized spacial score (nSPS) is 12.6. The lowest BCUT2D eigenvalue weighted by Crippen LogP contribution is -2.03. The Hall–Kier alpha value is -2.08. The third-order valence-corrected chi connectivity index (χ3v) is 5.39. The predicted octanol–water partition coefficient (Wildman–Crippen LogP) is 5.77. The first-order valence-corrected chi connectivity index (χ1v) is 9.02. The van der Waals surface area contributed by atoms with Gasteiger partial charge in [0.1, 0.15) is 18.1 Å². The summed E-state index contributed by atoms with van der Waals surface area (Å²) in [7, 11) is 1.63. The number of thiazole rings is 1. The maximum absolute atomic E-state index is 6.17. The van der Waals surface area contributed by atoms with Crippen molar-refractivity contribution < 1.29 is 9.47 Å². The molecule has 0 bridgehead atoms. The van der Waals surface area contributed by atoms with Gasteiger partial charge in [-0.15, -0.1) is 0 Å². The standard InChI is InChI=1S/C18H12Cl2N2O2S/c1-23-10-5-6-11-15(7-10)24-9-16-17(11)22-18(25-16)21-8-12-13(19)3-2-4-14(12)20/h2-8H,9H2,1H3. The Balaban J connectivity index is 1.69. The van der Waals surface area contributed by atoms with Crippen LogP contribution in [-0.4, -0.2) is 18.3 Å². The molecule has 0 saturated carbocycles. The third-order valence-electron chi connectivity index (χ3n) is 3.79. The Kier molecular flexibility index (Phi) is 4.37. The number of ether oxygens (including phenoxy) is 2. The van der Waals surface area contributed by atoms with E-state index in [-0.39, 0.29) is 0 Å². The molecule has 126 valence electrons. The molecule has 1 aliphatic rings. The fourth-order valence-corrected chi connectivity index (χ4v) is 3.87. The minimum atomic E-state index is 0.468. The lowest BCUT2D eigenvalue weighted by Gasteiger charge is -2.16. The van der Waals surface area contributed by atoms with Gasteiger partial charge in [-0.25, -0.2) is 9.98 Å². The van der Waals surface area contributed by atoms with E-state index in [1.165, 1.54) is 11.3 Å². The molecule has 0 fully saturated rings. The maximum Gasteiger partial charge on any atom is 0.210 e. The zero-order chi connectivity index (χ0) is 17.4. The highest BCUT2D eigenvalue weighted by molar-refractivity contribution is 7.15. The van der Waals surface area contributed by atoms with Crippen LogP contribution in [0, 0.1) is 0 Å². The zero-order valence-electron chi connectivity index (χ0n) is 13.1. The first-order valence-electron chi connectivity index (χ1n) is 7.44. The summed E-state index contributed by atoms with van der Waals surface area (Å²) in [5.74, 6) is 1.52. The summed E-state index contributed by atoms with van der Waals surface area (Å²) in [6, 6.07) is 11.1. The fraction of sp³-hybridized carbons (Fsp3) is 0.111. The molecular weight excluding hydrogens is 379 g/mol. The molecule has 1 aromatic heterocycles. The van der Waals surface area contributed by atoms with Crippen LogP contribution in [-0.2, 0) is 6.61 Å². The molecule has 7 heteroatoms. The summed E-state index contributed by atoms with van der Waals surface area (Å²) in [6.07, 6.45) is 1.64. The molecule has 0 unspecified atom stereocenters. The van der Waals surface area contributed by atoms with Gasteiger partial charge in [0.15, 0.2) is 0 Å². The van der Waals surface area contributed by atoms with E-state index in [0.717, 1.165) is 27.6 Å². The lowest BCUT2D eigenvalue weighted by molar-refractivity contribution is 0.303. The van der Waals surface area contributed by atoms with Gasteiger partial charge in [0.25, 0.3) is 0 Å². The number of hydrogen-bond acceptors (Lipinski definition) is 5. The van der Waals surface area contributed by atoms with Crippen molar-refractivity contribution >= 4 is 45.9 Å². The average molecular weight is 391 g/mol. The summed E-state index contributed by atoms with van der Waals surface area (Å²) < 4.78 is 11.0. The van der Waals surface area contributed by atoms with Gasteiger partial charge < -0.3 is 9.47 Å². The van der Waals surface area contributed by atoms with Crippen molar-refractivity contribution in [2.75, 3.05) is 7.11 Å². The van der Waals surface area contributed by atoms with Gasteiger partial charge in [-0.2, -0.15) is 0 Å². The number of methoxy groups -OCH3 is 1. The smallest absolute Gasteiger partial charge is 0.210 e. The topological polar surface area (TPSA) is 43.7 Å². The number of aliphatic imine (C=N–C) groups is 1. The number of aromatic nitrogens is 1. The fourth-order valence-electron chi connectivity index (χ4n) is 2.54. The van der Waals surface area contributed by atoms with Crippen molar-refractivity contribution in [1.82, 2.24) is 4.98 Å². The molecule has 3 aromatic rings. The average Bonchev–Trinajstić information content (AvgIpc) is 3.04. The molecule has 0 radical (unpaired) electrons. The van der Waals surface area contributed by atoms with Crippen LogP contribution in [0.15, 0.2) is 41.4 Å². The van der Waals surface area contributed by atoms with Gasteiger partial charge in [-0.05, 0) is 24.3 Å². The van der Waals surface area contributed by atoms with Crippen molar-refractivity contribution in [1.29, 1.82) is 0 Å². The van der Waals surface area contributed by atoms with Crippen LogP contribution in [0.3, 0.4) is 0 Å². The predicted molar refractivity (Wildman–Crippen MR) is 102 cm³/mol. The number of rotatable bonds is 3. The number of fused-ring (bicyclic) bond motifs is 3. The second kappa shape index (κ2) is 6.67. The van der Waals surface area contributed by atoms with Crippen molar-refractivity contribution in [2.24, 2.45) is 4.99 Å².